The standard InChI is InChI=1S/C16H21NO/c1-2-3-4-5-7-14-10-12-15(13-11-14)8-6-9-16(17)18/h10-13H,2-5,7,9H2,1H3,(H2,17,18). The molecule has 0 bridgehead atoms. The zero-order valence-electron chi connectivity index (χ0n) is 11.0. The molecular formula is C16H21NO. The molecule has 1 aromatic carbocycles. The molecule has 0 fully saturated rings. The van der Waals surface area contributed by atoms with E-state index in [-0.39, 0.29) is 12.3 Å². The number of unbranched alkanes of at least 4 members (excludes halogenated alkanes) is 3. The lowest BCUT2D eigenvalue weighted by atomic mass is 10.0. The highest BCUT2D eigenvalue weighted by Crippen LogP contribution is 2.09. The molecule has 0 radical (unpaired) electrons. The number of benzene rings is 1. The Labute approximate surface area is 110 Å². The van der Waals surface area contributed by atoms with Crippen molar-refractivity contribution < 1.29 is 4.79 Å². The fraction of sp³-hybridized carbons (Fsp3) is 0.438. The van der Waals surface area contributed by atoms with E-state index in [1.54, 1.807) is 0 Å². The van der Waals surface area contributed by atoms with Crippen molar-refractivity contribution in [2.75, 3.05) is 0 Å². The average molecular weight is 243 g/mol. The number of hydrogen-bond donors (Lipinski definition) is 1. The number of hydrogen-bond acceptors (Lipinski definition) is 1. The van der Waals surface area contributed by atoms with Crippen LogP contribution in [0.3, 0.4) is 0 Å². The Morgan fingerprint density at radius 2 is 1.89 bits per heavy atom. The molecule has 2 heteroatoms. The van der Waals surface area contributed by atoms with Gasteiger partial charge in [-0.2, -0.15) is 0 Å². The first-order valence-corrected chi connectivity index (χ1v) is 6.58. The van der Waals surface area contributed by atoms with Gasteiger partial charge in [0.05, 0.1) is 6.42 Å². The average Bonchev–Trinajstić information content (AvgIpc) is 2.36. The van der Waals surface area contributed by atoms with Gasteiger partial charge in [-0.25, -0.2) is 0 Å². The Hall–Kier alpha value is -1.75. The van der Waals surface area contributed by atoms with E-state index in [4.69, 9.17) is 5.73 Å². The SMILES string of the molecule is CCCCCCc1ccc(C#CCC(N)=O)cc1. The lowest BCUT2D eigenvalue weighted by molar-refractivity contribution is -0.117. The summed E-state index contributed by atoms with van der Waals surface area (Å²) in [6, 6.07) is 8.23. The Bertz CT molecular complexity index is 423. The molecule has 0 spiro atoms. The minimum atomic E-state index is -0.380. The van der Waals surface area contributed by atoms with Gasteiger partial charge in [0.25, 0.3) is 0 Å². The third-order valence-electron chi connectivity index (χ3n) is 2.77. The van der Waals surface area contributed by atoms with Gasteiger partial charge in [0.1, 0.15) is 0 Å². The van der Waals surface area contributed by atoms with E-state index in [1.807, 2.05) is 12.1 Å². The van der Waals surface area contributed by atoms with Crippen LogP contribution in [0.1, 0.15) is 50.2 Å². The van der Waals surface area contributed by atoms with Crippen molar-refractivity contribution in [3.63, 3.8) is 0 Å². The third kappa shape index (κ3) is 6.10. The molecule has 0 aliphatic carbocycles. The molecule has 96 valence electrons. The van der Waals surface area contributed by atoms with Gasteiger partial charge in [0, 0.05) is 5.56 Å². The van der Waals surface area contributed by atoms with Crippen LogP contribution in [0.15, 0.2) is 24.3 Å². The van der Waals surface area contributed by atoms with Crippen molar-refractivity contribution in [3.05, 3.63) is 35.4 Å². The zero-order chi connectivity index (χ0) is 13.2. The van der Waals surface area contributed by atoms with Gasteiger partial charge in [-0.3, -0.25) is 4.79 Å². The summed E-state index contributed by atoms with van der Waals surface area (Å²) in [6.07, 6.45) is 6.40. The van der Waals surface area contributed by atoms with Crippen LogP contribution in [-0.4, -0.2) is 5.91 Å². The van der Waals surface area contributed by atoms with Gasteiger partial charge in [-0.05, 0) is 30.5 Å². The molecule has 0 aromatic heterocycles. The third-order valence-corrected chi connectivity index (χ3v) is 2.77. The minimum absolute atomic E-state index is 0.124. The van der Waals surface area contributed by atoms with E-state index >= 15 is 0 Å². The van der Waals surface area contributed by atoms with E-state index in [2.05, 4.69) is 30.9 Å². The number of aryl methyl sites for hydroxylation is 1. The molecule has 1 rings (SSSR count). The van der Waals surface area contributed by atoms with Gasteiger partial charge >= 0.3 is 0 Å². The van der Waals surface area contributed by atoms with Crippen molar-refractivity contribution in [3.8, 4) is 11.8 Å². The molecule has 0 atom stereocenters. The van der Waals surface area contributed by atoms with Crippen molar-refractivity contribution >= 4 is 5.91 Å². The number of carbonyl (C=O) groups excluding carboxylic acids is 1. The molecule has 18 heavy (non-hydrogen) atoms. The van der Waals surface area contributed by atoms with Gasteiger partial charge in [0.2, 0.25) is 5.91 Å². The maximum atomic E-state index is 10.5. The highest BCUT2D eigenvalue weighted by Gasteiger charge is 1.94. The molecule has 0 saturated heterocycles. The normalized spacial score (nSPS) is 9.61. The molecule has 2 N–H and O–H groups in total. The summed E-state index contributed by atoms with van der Waals surface area (Å²) >= 11 is 0. The number of nitrogens with two attached hydrogens (primary N) is 1. The van der Waals surface area contributed by atoms with Crippen LogP contribution in [0, 0.1) is 11.8 Å². The predicted molar refractivity (Wildman–Crippen MR) is 75.0 cm³/mol. The van der Waals surface area contributed by atoms with Crippen molar-refractivity contribution in [2.45, 2.75) is 45.4 Å². The quantitative estimate of drug-likeness (QED) is 0.605. The largest absolute Gasteiger partial charge is 0.369 e. The second kappa shape index (κ2) is 8.36. The number of rotatable bonds is 6. The van der Waals surface area contributed by atoms with Gasteiger partial charge in [0.15, 0.2) is 0 Å². The first kappa shape index (κ1) is 14.3. The van der Waals surface area contributed by atoms with Crippen molar-refractivity contribution in [2.24, 2.45) is 5.73 Å². The zero-order valence-corrected chi connectivity index (χ0v) is 11.0. The van der Waals surface area contributed by atoms with E-state index in [0.29, 0.717) is 0 Å². The summed E-state index contributed by atoms with van der Waals surface area (Å²) in [4.78, 5) is 10.5. The van der Waals surface area contributed by atoms with Crippen LogP contribution in [0.5, 0.6) is 0 Å². The summed E-state index contributed by atoms with van der Waals surface area (Å²) < 4.78 is 0. The second-order valence-electron chi connectivity index (χ2n) is 4.45. The smallest absolute Gasteiger partial charge is 0.229 e. The molecule has 0 saturated carbocycles. The lowest BCUT2D eigenvalue weighted by Gasteiger charge is -2.01. The molecule has 0 aliphatic rings. The molecule has 0 unspecified atom stereocenters. The van der Waals surface area contributed by atoms with Gasteiger partial charge in [-0.15, -0.1) is 0 Å². The number of carbonyl (C=O) groups is 1. The van der Waals surface area contributed by atoms with Crippen LogP contribution in [0.25, 0.3) is 0 Å². The fourth-order valence-corrected chi connectivity index (χ4v) is 1.74. The fourth-order valence-electron chi connectivity index (χ4n) is 1.74. The Kier molecular flexibility index (Phi) is 6.64. The molecular weight excluding hydrogens is 222 g/mol. The molecule has 1 aromatic rings. The van der Waals surface area contributed by atoms with E-state index in [9.17, 15) is 4.79 Å². The molecule has 2 nitrogen and oxygen atoms in total. The summed E-state index contributed by atoms with van der Waals surface area (Å²) in [7, 11) is 0. The van der Waals surface area contributed by atoms with Crippen LogP contribution < -0.4 is 5.73 Å². The maximum absolute atomic E-state index is 10.5. The highest BCUT2D eigenvalue weighted by atomic mass is 16.1. The first-order valence-electron chi connectivity index (χ1n) is 6.58. The van der Waals surface area contributed by atoms with Gasteiger partial charge in [-0.1, -0.05) is 50.2 Å². The first-order chi connectivity index (χ1) is 8.72. The summed E-state index contributed by atoms with van der Waals surface area (Å²) in [5.74, 6) is 5.31. The second-order valence-corrected chi connectivity index (χ2v) is 4.45. The molecule has 0 heterocycles. The van der Waals surface area contributed by atoms with Crippen molar-refractivity contribution in [1.29, 1.82) is 0 Å². The Morgan fingerprint density at radius 3 is 2.50 bits per heavy atom. The number of primary amides is 1. The monoisotopic (exact) mass is 243 g/mol. The Balaban J connectivity index is 2.41. The predicted octanol–water partition coefficient (Wildman–Crippen LogP) is 3.04. The highest BCUT2D eigenvalue weighted by molar-refractivity contribution is 5.76. The number of amides is 1. The summed E-state index contributed by atoms with van der Waals surface area (Å²) in [6.45, 7) is 2.22. The van der Waals surface area contributed by atoms with E-state index in [1.165, 1.54) is 31.2 Å². The lowest BCUT2D eigenvalue weighted by Crippen LogP contribution is -2.08. The summed E-state index contributed by atoms with van der Waals surface area (Å²) in [5, 5.41) is 0. The van der Waals surface area contributed by atoms with Crippen molar-refractivity contribution in [1.82, 2.24) is 0 Å². The molecule has 1 amide bonds. The summed E-state index contributed by atoms with van der Waals surface area (Å²) in [5.41, 5.74) is 7.31. The topological polar surface area (TPSA) is 43.1 Å². The van der Waals surface area contributed by atoms with Crippen LogP contribution >= 0.6 is 0 Å². The van der Waals surface area contributed by atoms with Gasteiger partial charge < -0.3 is 5.73 Å². The minimum Gasteiger partial charge on any atom is -0.369 e. The van der Waals surface area contributed by atoms with Crippen LogP contribution in [0.2, 0.25) is 0 Å². The maximum Gasteiger partial charge on any atom is 0.229 e. The van der Waals surface area contributed by atoms with E-state index in [0.717, 1.165) is 12.0 Å². The van der Waals surface area contributed by atoms with Crippen LogP contribution in [-0.2, 0) is 11.2 Å². The Morgan fingerprint density at radius 1 is 1.17 bits per heavy atom. The molecule has 0 aliphatic heterocycles. The van der Waals surface area contributed by atoms with Crippen LogP contribution in [0.4, 0.5) is 0 Å². The van der Waals surface area contributed by atoms with E-state index < -0.39 is 0 Å².